The maximum Gasteiger partial charge on any atom is 0.344 e. The van der Waals surface area contributed by atoms with Gasteiger partial charge in [-0.3, -0.25) is 19.3 Å². The standard InChI is InChI=1S/C25H25BrN2O7S/c1-4-33-19-10-16(18(26)12-20(19)35-14-23(30)34-5-2)11-21-24(31)28(25(32)36-21)13-22(29)27-17-8-6-15(3)7-9-17/h6-12H,4-5,13-14H2,1-3H3,(H,27,29)/b21-11-. The first kappa shape index (κ1) is 27.3. The van der Waals surface area contributed by atoms with Crippen molar-refractivity contribution in [2.45, 2.75) is 20.8 Å². The minimum absolute atomic E-state index is 0.159. The molecule has 3 amide bonds. The molecule has 0 aromatic heterocycles. The summed E-state index contributed by atoms with van der Waals surface area (Å²) in [5.41, 5.74) is 2.17. The second kappa shape index (κ2) is 12.6. The summed E-state index contributed by atoms with van der Waals surface area (Å²) in [6.45, 7) is 5.31. The zero-order chi connectivity index (χ0) is 26.2. The number of nitrogens with one attached hydrogen (secondary N) is 1. The Morgan fingerprint density at radius 1 is 1.06 bits per heavy atom. The minimum atomic E-state index is -0.573. The molecule has 0 unspecified atom stereocenters. The number of benzene rings is 2. The highest BCUT2D eigenvalue weighted by Crippen LogP contribution is 2.38. The number of anilines is 1. The fourth-order valence-electron chi connectivity index (χ4n) is 3.14. The Labute approximate surface area is 221 Å². The van der Waals surface area contributed by atoms with E-state index < -0.39 is 29.6 Å². The molecule has 11 heteroatoms. The van der Waals surface area contributed by atoms with Crippen LogP contribution >= 0.6 is 27.7 Å². The number of amides is 3. The summed E-state index contributed by atoms with van der Waals surface area (Å²) in [5, 5.41) is 2.14. The largest absolute Gasteiger partial charge is 0.490 e. The van der Waals surface area contributed by atoms with E-state index in [2.05, 4.69) is 21.2 Å². The number of rotatable bonds is 10. The Morgan fingerprint density at radius 3 is 2.42 bits per heavy atom. The van der Waals surface area contributed by atoms with Crippen molar-refractivity contribution in [3.05, 3.63) is 56.9 Å². The van der Waals surface area contributed by atoms with Gasteiger partial charge in [0.15, 0.2) is 18.1 Å². The average Bonchev–Trinajstić information content (AvgIpc) is 3.09. The zero-order valence-corrected chi connectivity index (χ0v) is 22.4. The molecule has 1 heterocycles. The minimum Gasteiger partial charge on any atom is -0.490 e. The van der Waals surface area contributed by atoms with Gasteiger partial charge < -0.3 is 19.5 Å². The van der Waals surface area contributed by atoms with Gasteiger partial charge in [0.25, 0.3) is 11.1 Å². The third-order valence-corrected chi connectivity index (χ3v) is 6.41. The van der Waals surface area contributed by atoms with Gasteiger partial charge in [-0.25, -0.2) is 4.79 Å². The van der Waals surface area contributed by atoms with Crippen LogP contribution in [0.25, 0.3) is 6.08 Å². The maximum absolute atomic E-state index is 12.9. The highest BCUT2D eigenvalue weighted by molar-refractivity contribution is 9.10. The van der Waals surface area contributed by atoms with Crippen molar-refractivity contribution in [2.75, 3.05) is 31.7 Å². The molecule has 0 bridgehead atoms. The third kappa shape index (κ3) is 7.11. The van der Waals surface area contributed by atoms with E-state index in [0.29, 0.717) is 33.8 Å². The summed E-state index contributed by atoms with van der Waals surface area (Å²) in [7, 11) is 0. The maximum atomic E-state index is 12.9. The fraction of sp³-hybridized carbons (Fsp3) is 0.280. The summed E-state index contributed by atoms with van der Waals surface area (Å²) < 4.78 is 16.6. The van der Waals surface area contributed by atoms with E-state index in [1.807, 2.05) is 19.1 Å². The van der Waals surface area contributed by atoms with Crippen molar-refractivity contribution >= 4 is 62.5 Å². The van der Waals surface area contributed by atoms with Crippen molar-refractivity contribution in [1.29, 1.82) is 0 Å². The number of esters is 1. The molecular formula is C25H25BrN2O7S. The molecule has 1 aliphatic rings. The van der Waals surface area contributed by atoms with Gasteiger partial charge >= 0.3 is 5.97 Å². The van der Waals surface area contributed by atoms with E-state index >= 15 is 0 Å². The molecule has 9 nitrogen and oxygen atoms in total. The van der Waals surface area contributed by atoms with E-state index in [1.165, 1.54) is 6.08 Å². The highest BCUT2D eigenvalue weighted by Gasteiger charge is 2.36. The average molecular weight is 577 g/mol. The van der Waals surface area contributed by atoms with Crippen LogP contribution in [0.5, 0.6) is 11.5 Å². The summed E-state index contributed by atoms with van der Waals surface area (Å²) in [6, 6.07) is 10.4. The number of thioether (sulfide) groups is 1. The van der Waals surface area contributed by atoms with Crippen LogP contribution in [0.3, 0.4) is 0 Å². The number of imide groups is 1. The Balaban J connectivity index is 1.75. The normalized spacial score (nSPS) is 14.2. The Hall–Kier alpha value is -3.31. The quantitative estimate of drug-likeness (QED) is 0.318. The molecule has 0 spiro atoms. The predicted molar refractivity (Wildman–Crippen MR) is 140 cm³/mol. The van der Waals surface area contributed by atoms with Gasteiger partial charge in [0, 0.05) is 10.2 Å². The van der Waals surface area contributed by atoms with Gasteiger partial charge in [0.1, 0.15) is 6.54 Å². The van der Waals surface area contributed by atoms with E-state index in [1.54, 1.807) is 38.1 Å². The number of nitrogens with zero attached hydrogens (tertiary/aromatic N) is 1. The van der Waals surface area contributed by atoms with Crippen LogP contribution in [0.4, 0.5) is 10.5 Å². The highest BCUT2D eigenvalue weighted by atomic mass is 79.9. The molecule has 36 heavy (non-hydrogen) atoms. The van der Waals surface area contributed by atoms with Crippen molar-refractivity contribution in [3.8, 4) is 11.5 Å². The number of aryl methyl sites for hydroxylation is 1. The molecule has 190 valence electrons. The molecule has 0 atom stereocenters. The molecule has 0 radical (unpaired) electrons. The molecular weight excluding hydrogens is 552 g/mol. The molecule has 1 aliphatic heterocycles. The van der Waals surface area contributed by atoms with Crippen LogP contribution in [0.2, 0.25) is 0 Å². The van der Waals surface area contributed by atoms with E-state index in [4.69, 9.17) is 14.2 Å². The topological polar surface area (TPSA) is 111 Å². The zero-order valence-electron chi connectivity index (χ0n) is 20.0. The summed E-state index contributed by atoms with van der Waals surface area (Å²) in [6.07, 6.45) is 1.53. The second-order valence-electron chi connectivity index (χ2n) is 7.53. The molecule has 2 aromatic carbocycles. The molecule has 0 saturated carbocycles. The Kier molecular flexibility index (Phi) is 9.54. The van der Waals surface area contributed by atoms with Gasteiger partial charge in [0.05, 0.1) is 18.1 Å². The number of hydrogen-bond donors (Lipinski definition) is 1. The lowest BCUT2D eigenvalue weighted by molar-refractivity contribution is -0.145. The fourth-order valence-corrected chi connectivity index (χ4v) is 4.41. The van der Waals surface area contributed by atoms with Gasteiger partial charge in [0.2, 0.25) is 5.91 Å². The predicted octanol–water partition coefficient (Wildman–Crippen LogP) is 4.77. The van der Waals surface area contributed by atoms with Crippen LogP contribution in [-0.4, -0.2) is 54.3 Å². The van der Waals surface area contributed by atoms with Crippen LogP contribution < -0.4 is 14.8 Å². The lowest BCUT2D eigenvalue weighted by Gasteiger charge is -2.14. The van der Waals surface area contributed by atoms with Crippen LogP contribution in [-0.2, 0) is 19.1 Å². The molecule has 3 rings (SSSR count). The molecule has 1 fully saturated rings. The van der Waals surface area contributed by atoms with Gasteiger partial charge in [-0.1, -0.05) is 33.6 Å². The van der Waals surface area contributed by atoms with Crippen molar-refractivity contribution in [1.82, 2.24) is 4.90 Å². The lowest BCUT2D eigenvalue weighted by Crippen LogP contribution is -2.36. The Morgan fingerprint density at radius 2 is 1.75 bits per heavy atom. The number of carbonyl (C=O) groups is 4. The number of hydrogen-bond acceptors (Lipinski definition) is 8. The van der Waals surface area contributed by atoms with Gasteiger partial charge in [-0.05, 0) is 68.4 Å². The molecule has 2 aromatic rings. The van der Waals surface area contributed by atoms with Crippen molar-refractivity contribution < 1.29 is 33.4 Å². The number of halogens is 1. The smallest absolute Gasteiger partial charge is 0.344 e. The van der Waals surface area contributed by atoms with Gasteiger partial charge in [-0.15, -0.1) is 0 Å². The van der Waals surface area contributed by atoms with Crippen LogP contribution in [0, 0.1) is 6.92 Å². The van der Waals surface area contributed by atoms with Crippen molar-refractivity contribution in [2.24, 2.45) is 0 Å². The SMILES string of the molecule is CCOC(=O)COc1cc(Br)c(/C=C2\SC(=O)N(CC(=O)Nc3ccc(C)cc3)C2=O)cc1OCC. The lowest BCUT2D eigenvalue weighted by atomic mass is 10.1. The number of ether oxygens (including phenoxy) is 3. The summed E-state index contributed by atoms with van der Waals surface area (Å²) in [4.78, 5) is 50.5. The van der Waals surface area contributed by atoms with E-state index in [9.17, 15) is 19.2 Å². The summed E-state index contributed by atoms with van der Waals surface area (Å²) in [5.74, 6) is -0.898. The molecule has 1 N–H and O–H groups in total. The molecule has 1 saturated heterocycles. The monoisotopic (exact) mass is 576 g/mol. The van der Waals surface area contributed by atoms with E-state index in [-0.39, 0.29) is 18.1 Å². The summed E-state index contributed by atoms with van der Waals surface area (Å²) >= 11 is 4.17. The first-order valence-electron chi connectivity index (χ1n) is 11.1. The first-order chi connectivity index (χ1) is 17.2. The second-order valence-corrected chi connectivity index (χ2v) is 9.38. The van der Waals surface area contributed by atoms with Crippen molar-refractivity contribution in [3.63, 3.8) is 0 Å². The van der Waals surface area contributed by atoms with Crippen LogP contribution in [0.15, 0.2) is 45.8 Å². The third-order valence-electron chi connectivity index (χ3n) is 4.81. The first-order valence-corrected chi connectivity index (χ1v) is 12.7. The van der Waals surface area contributed by atoms with E-state index in [0.717, 1.165) is 22.2 Å². The number of carbonyl (C=O) groups excluding carboxylic acids is 4. The van der Waals surface area contributed by atoms with Crippen LogP contribution in [0.1, 0.15) is 25.0 Å². The Bertz CT molecular complexity index is 1200. The van der Waals surface area contributed by atoms with Gasteiger partial charge in [-0.2, -0.15) is 0 Å². The molecule has 0 aliphatic carbocycles.